The van der Waals surface area contributed by atoms with Crippen LogP contribution >= 0.6 is 0 Å². The fourth-order valence-electron chi connectivity index (χ4n) is 3.77. The lowest BCUT2D eigenvalue weighted by atomic mass is 10.1. The van der Waals surface area contributed by atoms with E-state index in [9.17, 15) is 14.0 Å². The topological polar surface area (TPSA) is 80.1 Å². The number of aromatic nitrogens is 3. The number of imidazole rings is 1. The number of carbonyl (C=O) groups is 2. The van der Waals surface area contributed by atoms with Gasteiger partial charge in [-0.05, 0) is 73.9 Å². The van der Waals surface area contributed by atoms with Gasteiger partial charge in [-0.25, -0.2) is 14.4 Å². The first-order valence-corrected chi connectivity index (χ1v) is 10.7. The molecule has 0 bridgehead atoms. The van der Waals surface area contributed by atoms with Crippen molar-refractivity contribution in [2.24, 2.45) is 5.92 Å². The van der Waals surface area contributed by atoms with Gasteiger partial charge in [0.2, 0.25) is 5.91 Å². The Morgan fingerprint density at radius 2 is 1.85 bits per heavy atom. The molecule has 1 saturated carbocycles. The van der Waals surface area contributed by atoms with Crippen LogP contribution in [0.25, 0.3) is 16.7 Å². The number of fused-ring (bicyclic) bond motifs is 1. The quantitative estimate of drug-likeness (QED) is 0.493. The van der Waals surface area contributed by atoms with Gasteiger partial charge in [0.1, 0.15) is 18.0 Å². The van der Waals surface area contributed by atoms with Crippen LogP contribution in [-0.4, -0.2) is 33.4 Å². The van der Waals surface area contributed by atoms with E-state index in [1.807, 2.05) is 17.6 Å². The van der Waals surface area contributed by atoms with Gasteiger partial charge in [-0.15, -0.1) is 0 Å². The maximum Gasteiger partial charge on any atom is 0.258 e. The first-order chi connectivity index (χ1) is 15.9. The average Bonchev–Trinajstić information content (AvgIpc) is 3.59. The third-order valence-corrected chi connectivity index (χ3v) is 5.83. The van der Waals surface area contributed by atoms with E-state index in [1.165, 1.54) is 17.0 Å². The molecule has 1 N–H and O–H groups in total. The predicted molar refractivity (Wildman–Crippen MR) is 124 cm³/mol. The average molecular weight is 443 g/mol. The number of benzene rings is 2. The molecule has 0 radical (unpaired) electrons. The summed E-state index contributed by atoms with van der Waals surface area (Å²) in [5.74, 6) is 0.0552. The second kappa shape index (κ2) is 8.12. The minimum absolute atomic E-state index is 0.00684. The Morgan fingerprint density at radius 3 is 2.52 bits per heavy atom. The molecule has 4 aromatic rings. The molecule has 7 nitrogen and oxygen atoms in total. The van der Waals surface area contributed by atoms with E-state index < -0.39 is 0 Å². The van der Waals surface area contributed by atoms with Crippen molar-refractivity contribution >= 4 is 34.4 Å². The van der Waals surface area contributed by atoms with Crippen molar-refractivity contribution in [3.8, 4) is 5.69 Å². The van der Waals surface area contributed by atoms with E-state index in [0.29, 0.717) is 17.1 Å². The number of carbonyl (C=O) groups excluding carboxylic acids is 2. The highest BCUT2D eigenvalue weighted by Crippen LogP contribution is 2.30. The molecule has 2 amide bonds. The Bertz CT molecular complexity index is 1360. The van der Waals surface area contributed by atoms with E-state index in [4.69, 9.17) is 0 Å². The van der Waals surface area contributed by atoms with Gasteiger partial charge in [0.05, 0.1) is 22.9 Å². The third kappa shape index (κ3) is 4.07. The lowest BCUT2D eigenvalue weighted by Crippen LogP contribution is -2.26. The van der Waals surface area contributed by atoms with Crippen LogP contribution in [-0.2, 0) is 4.79 Å². The summed E-state index contributed by atoms with van der Waals surface area (Å²) in [4.78, 5) is 35.5. The second-order valence-corrected chi connectivity index (χ2v) is 8.28. The molecule has 33 heavy (non-hydrogen) atoms. The normalized spacial score (nSPS) is 13.2. The molecule has 1 fully saturated rings. The zero-order valence-electron chi connectivity index (χ0n) is 18.2. The molecule has 0 atom stereocenters. The lowest BCUT2D eigenvalue weighted by molar-refractivity contribution is -0.117. The van der Waals surface area contributed by atoms with Crippen molar-refractivity contribution < 1.29 is 14.0 Å². The lowest BCUT2D eigenvalue weighted by Gasteiger charge is -2.18. The number of nitrogens with zero attached hydrogens (tertiary/aromatic N) is 4. The van der Waals surface area contributed by atoms with Gasteiger partial charge in [-0.2, -0.15) is 0 Å². The number of anilines is 2. The summed E-state index contributed by atoms with van der Waals surface area (Å²) in [6, 6.07) is 13.0. The molecule has 2 aromatic heterocycles. The molecule has 2 aromatic carbocycles. The Kier molecular flexibility index (Phi) is 5.12. The monoisotopic (exact) mass is 443 g/mol. The Balaban J connectivity index is 1.45. The van der Waals surface area contributed by atoms with Gasteiger partial charge in [0.25, 0.3) is 5.91 Å². The first-order valence-electron chi connectivity index (χ1n) is 10.7. The Hall–Kier alpha value is -4.07. The van der Waals surface area contributed by atoms with Crippen molar-refractivity contribution in [1.29, 1.82) is 0 Å². The molecular formula is C25H22FN5O2. The summed E-state index contributed by atoms with van der Waals surface area (Å²) in [5, 5.41) is 2.83. The maximum atomic E-state index is 13.3. The molecule has 166 valence electrons. The zero-order valence-corrected chi connectivity index (χ0v) is 18.2. The van der Waals surface area contributed by atoms with Crippen LogP contribution in [0.15, 0.2) is 61.1 Å². The summed E-state index contributed by atoms with van der Waals surface area (Å²) >= 11 is 0. The number of nitrogens with one attached hydrogen (secondary N) is 1. The van der Waals surface area contributed by atoms with Gasteiger partial charge in [0, 0.05) is 24.2 Å². The zero-order chi connectivity index (χ0) is 23.1. The van der Waals surface area contributed by atoms with Crippen LogP contribution < -0.4 is 10.2 Å². The molecular weight excluding hydrogens is 421 g/mol. The molecule has 0 unspecified atom stereocenters. The minimum Gasteiger partial charge on any atom is -0.311 e. The number of amides is 2. The number of hydrogen-bond donors (Lipinski definition) is 1. The molecule has 0 aliphatic heterocycles. The van der Waals surface area contributed by atoms with Crippen molar-refractivity contribution in [3.05, 3.63) is 78.0 Å². The predicted octanol–water partition coefficient (Wildman–Crippen LogP) is 4.49. The highest BCUT2D eigenvalue weighted by Gasteiger charge is 2.29. The molecule has 5 rings (SSSR count). The second-order valence-electron chi connectivity index (χ2n) is 8.28. The van der Waals surface area contributed by atoms with E-state index in [-0.39, 0.29) is 23.5 Å². The first kappa shape index (κ1) is 20.8. The van der Waals surface area contributed by atoms with Gasteiger partial charge >= 0.3 is 0 Å². The van der Waals surface area contributed by atoms with Crippen LogP contribution in [0.3, 0.4) is 0 Å². The SMILES string of the molecule is Cc1cc(C(=O)N(C)c2ccc(F)cc2)cc2c1ncn2-c1ccc(NC(=O)C2CC2)nc1. The van der Waals surface area contributed by atoms with Gasteiger partial charge in [-0.1, -0.05) is 0 Å². The summed E-state index contributed by atoms with van der Waals surface area (Å²) in [7, 11) is 1.66. The van der Waals surface area contributed by atoms with E-state index in [1.54, 1.807) is 49.9 Å². The minimum atomic E-state index is -0.354. The van der Waals surface area contributed by atoms with Crippen LogP contribution in [0.4, 0.5) is 15.9 Å². The smallest absolute Gasteiger partial charge is 0.258 e. The maximum absolute atomic E-state index is 13.3. The van der Waals surface area contributed by atoms with Gasteiger partial charge < -0.3 is 10.2 Å². The standard InChI is InChI=1S/C25H22FN5O2/c1-15-11-17(25(33)30(2)19-7-5-18(26)6-8-19)12-21-23(15)28-14-31(21)20-9-10-22(27-13-20)29-24(32)16-3-4-16/h5-14,16H,3-4H2,1-2H3,(H,27,29,32). The molecule has 2 heterocycles. The number of pyridine rings is 1. The van der Waals surface area contributed by atoms with Crippen LogP contribution in [0.5, 0.6) is 0 Å². The summed E-state index contributed by atoms with van der Waals surface area (Å²) in [6.07, 6.45) is 5.22. The van der Waals surface area contributed by atoms with Crippen molar-refractivity contribution in [3.63, 3.8) is 0 Å². The fraction of sp³-hybridized carbons (Fsp3) is 0.200. The van der Waals surface area contributed by atoms with Gasteiger partial charge in [-0.3, -0.25) is 14.2 Å². The number of rotatable bonds is 5. The number of aryl methyl sites for hydroxylation is 1. The third-order valence-electron chi connectivity index (χ3n) is 5.83. The molecule has 1 aliphatic rings. The summed E-state index contributed by atoms with van der Waals surface area (Å²) in [6.45, 7) is 1.91. The molecule has 8 heteroatoms. The Morgan fingerprint density at radius 1 is 1.09 bits per heavy atom. The summed E-state index contributed by atoms with van der Waals surface area (Å²) < 4.78 is 15.1. The van der Waals surface area contributed by atoms with Crippen LogP contribution in [0.2, 0.25) is 0 Å². The molecule has 1 aliphatic carbocycles. The van der Waals surface area contributed by atoms with Crippen LogP contribution in [0.1, 0.15) is 28.8 Å². The van der Waals surface area contributed by atoms with Crippen molar-refractivity contribution in [2.45, 2.75) is 19.8 Å². The molecule has 0 spiro atoms. The van der Waals surface area contributed by atoms with E-state index in [0.717, 1.165) is 35.1 Å². The Labute approximate surface area is 189 Å². The number of halogens is 1. The van der Waals surface area contributed by atoms with E-state index in [2.05, 4.69) is 15.3 Å². The van der Waals surface area contributed by atoms with Gasteiger partial charge in [0.15, 0.2) is 0 Å². The van der Waals surface area contributed by atoms with Crippen molar-refractivity contribution in [2.75, 3.05) is 17.3 Å². The fourth-order valence-corrected chi connectivity index (χ4v) is 3.77. The van der Waals surface area contributed by atoms with Crippen molar-refractivity contribution in [1.82, 2.24) is 14.5 Å². The van der Waals surface area contributed by atoms with Crippen LogP contribution in [0, 0.1) is 18.7 Å². The number of hydrogen-bond acceptors (Lipinski definition) is 4. The highest BCUT2D eigenvalue weighted by atomic mass is 19.1. The van der Waals surface area contributed by atoms with E-state index >= 15 is 0 Å². The molecule has 0 saturated heterocycles. The highest BCUT2D eigenvalue weighted by molar-refractivity contribution is 6.07. The summed E-state index contributed by atoms with van der Waals surface area (Å²) in [5.41, 5.74) is 4.27. The largest absolute Gasteiger partial charge is 0.311 e.